The quantitative estimate of drug-likeness (QED) is 0.828. The van der Waals surface area contributed by atoms with E-state index in [4.69, 9.17) is 22.1 Å². The molecule has 21 heavy (non-hydrogen) atoms. The molecule has 0 unspecified atom stereocenters. The minimum Gasteiger partial charge on any atom is -0.398 e. The van der Waals surface area contributed by atoms with E-state index in [0.29, 0.717) is 17.3 Å². The minimum atomic E-state index is -3.82. The lowest BCUT2D eigenvalue weighted by Gasteiger charge is -2.13. The Hall–Kier alpha value is -1.76. The number of nitrogens with two attached hydrogens (primary N) is 1. The molecule has 0 aliphatic carbocycles. The van der Waals surface area contributed by atoms with Crippen LogP contribution in [-0.2, 0) is 21.4 Å². The number of hydrogen-bond acceptors (Lipinski definition) is 4. The summed E-state index contributed by atoms with van der Waals surface area (Å²) in [6.45, 7) is 0.295. The van der Waals surface area contributed by atoms with E-state index in [2.05, 4.69) is 4.72 Å². The van der Waals surface area contributed by atoms with Crippen molar-refractivity contribution in [3.63, 3.8) is 0 Å². The molecule has 2 rings (SSSR count). The molecule has 0 saturated carbocycles. The van der Waals surface area contributed by atoms with Gasteiger partial charge in [-0.15, -0.1) is 0 Å². The summed E-state index contributed by atoms with van der Waals surface area (Å²) in [6.07, 6.45) is 0. The lowest BCUT2D eigenvalue weighted by molar-refractivity contribution is 0.185. The van der Waals surface area contributed by atoms with Crippen LogP contribution in [0.2, 0.25) is 5.02 Å². The Bertz CT molecular complexity index is 748. The molecule has 0 aliphatic rings. The molecule has 0 saturated heterocycles. The third-order valence-electron chi connectivity index (χ3n) is 2.83. The molecular formula is C14H15ClN2O3S. The van der Waals surface area contributed by atoms with Crippen molar-refractivity contribution in [2.45, 2.75) is 11.5 Å². The van der Waals surface area contributed by atoms with Crippen LogP contribution in [0.1, 0.15) is 5.56 Å². The molecule has 2 aromatic carbocycles. The topological polar surface area (TPSA) is 81.4 Å². The van der Waals surface area contributed by atoms with Crippen LogP contribution in [0.25, 0.3) is 0 Å². The van der Waals surface area contributed by atoms with E-state index >= 15 is 0 Å². The first-order chi connectivity index (χ1) is 9.94. The van der Waals surface area contributed by atoms with E-state index in [-0.39, 0.29) is 10.6 Å². The second kappa shape index (κ2) is 6.34. The number of halogens is 1. The van der Waals surface area contributed by atoms with Crippen LogP contribution >= 0.6 is 11.6 Å². The van der Waals surface area contributed by atoms with Crippen molar-refractivity contribution in [2.24, 2.45) is 0 Å². The van der Waals surface area contributed by atoms with Gasteiger partial charge in [-0.25, -0.2) is 8.42 Å². The maximum absolute atomic E-state index is 12.4. The maximum Gasteiger partial charge on any atom is 0.264 e. The van der Waals surface area contributed by atoms with E-state index in [0.717, 1.165) is 5.56 Å². The number of hydrogen-bond donors (Lipinski definition) is 2. The Morgan fingerprint density at radius 1 is 1.24 bits per heavy atom. The number of para-hydroxylation sites is 1. The number of nitrogen functional groups attached to an aromatic ring is 1. The van der Waals surface area contributed by atoms with Crippen molar-refractivity contribution in [1.29, 1.82) is 0 Å². The second-order valence-corrected chi connectivity index (χ2v) is 6.47. The van der Waals surface area contributed by atoms with Crippen molar-refractivity contribution in [3.8, 4) is 0 Å². The van der Waals surface area contributed by atoms with Crippen LogP contribution in [0.4, 0.5) is 11.4 Å². The van der Waals surface area contributed by atoms with Gasteiger partial charge >= 0.3 is 0 Å². The number of rotatable bonds is 5. The normalized spacial score (nSPS) is 11.3. The standard InChI is InChI=1S/C14H15ClN2O3S/c1-20-9-10-4-2-3-5-13(10)17-21(18,19)14-8-11(15)6-7-12(14)16/h2-8,17H,9,16H2,1H3. The molecule has 0 radical (unpaired) electrons. The fourth-order valence-electron chi connectivity index (χ4n) is 1.84. The summed E-state index contributed by atoms with van der Waals surface area (Å²) < 4.78 is 32.4. The van der Waals surface area contributed by atoms with Crippen molar-refractivity contribution in [3.05, 3.63) is 53.1 Å². The van der Waals surface area contributed by atoms with Gasteiger partial charge in [0.25, 0.3) is 10.0 Å². The number of nitrogens with one attached hydrogen (secondary N) is 1. The van der Waals surface area contributed by atoms with Gasteiger partial charge < -0.3 is 10.5 Å². The highest BCUT2D eigenvalue weighted by molar-refractivity contribution is 7.92. The first-order valence-electron chi connectivity index (χ1n) is 6.09. The summed E-state index contributed by atoms with van der Waals surface area (Å²) in [4.78, 5) is -0.0535. The number of benzene rings is 2. The third kappa shape index (κ3) is 3.66. The third-order valence-corrected chi connectivity index (χ3v) is 4.48. The number of anilines is 2. The number of sulfonamides is 1. The molecule has 0 spiro atoms. The molecule has 0 heterocycles. The van der Waals surface area contributed by atoms with Crippen LogP contribution in [0, 0.1) is 0 Å². The smallest absolute Gasteiger partial charge is 0.264 e. The minimum absolute atomic E-state index is 0.0535. The predicted molar refractivity (Wildman–Crippen MR) is 83.8 cm³/mol. The average molecular weight is 327 g/mol. The van der Waals surface area contributed by atoms with Crippen LogP contribution in [0.3, 0.4) is 0 Å². The fraction of sp³-hybridized carbons (Fsp3) is 0.143. The summed E-state index contributed by atoms with van der Waals surface area (Å²) in [7, 11) is -2.28. The summed E-state index contributed by atoms with van der Waals surface area (Å²) >= 11 is 5.84. The zero-order valence-corrected chi connectivity index (χ0v) is 12.9. The molecule has 0 atom stereocenters. The highest BCUT2D eigenvalue weighted by Crippen LogP contribution is 2.26. The van der Waals surface area contributed by atoms with Crippen molar-refractivity contribution in [1.82, 2.24) is 0 Å². The van der Waals surface area contributed by atoms with Gasteiger partial charge in [0.1, 0.15) is 4.90 Å². The van der Waals surface area contributed by atoms with Gasteiger partial charge in [-0.3, -0.25) is 4.72 Å². The Labute approximate surface area is 128 Å². The van der Waals surface area contributed by atoms with Gasteiger partial charge in [-0.1, -0.05) is 29.8 Å². The monoisotopic (exact) mass is 326 g/mol. The summed E-state index contributed by atoms with van der Waals surface area (Å²) in [5.74, 6) is 0. The van der Waals surface area contributed by atoms with E-state index in [9.17, 15) is 8.42 Å². The van der Waals surface area contributed by atoms with Gasteiger partial charge in [0.05, 0.1) is 18.0 Å². The molecule has 0 fully saturated rings. The van der Waals surface area contributed by atoms with Crippen molar-refractivity contribution < 1.29 is 13.2 Å². The summed E-state index contributed by atoms with van der Waals surface area (Å²) in [5, 5.41) is 0.301. The van der Waals surface area contributed by atoms with E-state index in [1.165, 1.54) is 18.2 Å². The highest BCUT2D eigenvalue weighted by Gasteiger charge is 2.19. The molecule has 0 amide bonds. The van der Waals surface area contributed by atoms with E-state index in [1.807, 2.05) is 0 Å². The Morgan fingerprint density at radius 3 is 2.67 bits per heavy atom. The lowest BCUT2D eigenvalue weighted by Crippen LogP contribution is -2.16. The predicted octanol–water partition coefficient (Wildman–Crippen LogP) is 2.87. The second-order valence-electron chi connectivity index (χ2n) is 4.38. The zero-order chi connectivity index (χ0) is 15.5. The molecule has 0 aromatic heterocycles. The molecule has 5 nitrogen and oxygen atoms in total. The molecule has 0 bridgehead atoms. The Balaban J connectivity index is 2.40. The molecule has 2 aromatic rings. The lowest BCUT2D eigenvalue weighted by atomic mass is 10.2. The van der Waals surface area contributed by atoms with Gasteiger partial charge in [0.2, 0.25) is 0 Å². The zero-order valence-electron chi connectivity index (χ0n) is 11.3. The number of methoxy groups -OCH3 is 1. The van der Waals surface area contributed by atoms with Gasteiger partial charge in [-0.2, -0.15) is 0 Å². The molecular weight excluding hydrogens is 312 g/mol. The van der Waals surface area contributed by atoms with Crippen LogP contribution < -0.4 is 10.5 Å². The van der Waals surface area contributed by atoms with Crippen LogP contribution in [-0.4, -0.2) is 15.5 Å². The van der Waals surface area contributed by atoms with Gasteiger partial charge in [0, 0.05) is 17.7 Å². The molecule has 112 valence electrons. The first kappa shape index (κ1) is 15.6. The van der Waals surface area contributed by atoms with Crippen LogP contribution in [0.15, 0.2) is 47.4 Å². The molecule has 0 aliphatic heterocycles. The SMILES string of the molecule is COCc1ccccc1NS(=O)(=O)c1cc(Cl)ccc1N. The fourth-order valence-corrected chi connectivity index (χ4v) is 3.34. The summed E-state index contributed by atoms with van der Waals surface area (Å²) in [6, 6.07) is 11.3. The van der Waals surface area contributed by atoms with Crippen LogP contribution in [0.5, 0.6) is 0 Å². The number of ether oxygens (including phenoxy) is 1. The van der Waals surface area contributed by atoms with Crippen molar-refractivity contribution in [2.75, 3.05) is 17.6 Å². The van der Waals surface area contributed by atoms with E-state index in [1.54, 1.807) is 31.4 Å². The largest absolute Gasteiger partial charge is 0.398 e. The first-order valence-corrected chi connectivity index (χ1v) is 7.95. The van der Waals surface area contributed by atoms with Crippen molar-refractivity contribution >= 4 is 33.0 Å². The highest BCUT2D eigenvalue weighted by atomic mass is 35.5. The Morgan fingerprint density at radius 2 is 1.95 bits per heavy atom. The molecule has 7 heteroatoms. The summed E-state index contributed by atoms with van der Waals surface area (Å²) in [5.41, 5.74) is 7.03. The average Bonchev–Trinajstić information content (AvgIpc) is 2.43. The van der Waals surface area contributed by atoms with E-state index < -0.39 is 10.0 Å². The van der Waals surface area contributed by atoms with Gasteiger partial charge in [0.15, 0.2) is 0 Å². The van der Waals surface area contributed by atoms with Gasteiger partial charge in [-0.05, 0) is 24.3 Å². The Kier molecular flexibility index (Phi) is 4.72. The maximum atomic E-state index is 12.4. The molecule has 3 N–H and O–H groups in total.